The van der Waals surface area contributed by atoms with Crippen LogP contribution in [0.25, 0.3) is 0 Å². The fourth-order valence-electron chi connectivity index (χ4n) is 1.42. The van der Waals surface area contributed by atoms with Gasteiger partial charge < -0.3 is 9.88 Å². The van der Waals surface area contributed by atoms with E-state index in [2.05, 4.69) is 22.2 Å². The van der Waals surface area contributed by atoms with Crippen LogP contribution in [0.4, 0.5) is 0 Å². The summed E-state index contributed by atoms with van der Waals surface area (Å²) in [6.45, 7) is 2.95. The van der Waals surface area contributed by atoms with Gasteiger partial charge in [0, 0.05) is 7.05 Å². The van der Waals surface area contributed by atoms with Gasteiger partial charge in [0.2, 0.25) is 0 Å². The first-order valence-corrected chi connectivity index (χ1v) is 5.52. The third kappa shape index (κ3) is 3.81. The molecule has 0 aromatic carbocycles. The van der Waals surface area contributed by atoms with Gasteiger partial charge in [-0.25, -0.2) is 4.98 Å². The van der Waals surface area contributed by atoms with E-state index in [9.17, 15) is 0 Å². The maximum Gasteiger partial charge on any atom is 0.128 e. The average Bonchev–Trinajstić information content (AvgIpc) is 2.50. The molecule has 0 aliphatic heterocycles. The average molecular weight is 231 g/mol. The molecule has 0 saturated heterocycles. The van der Waals surface area contributed by atoms with Gasteiger partial charge in [-0.3, -0.25) is 4.90 Å². The standard InChI is InChI=1S/C10H19ClN4/c1-12-5-4-6-14(2)8-10-13-7-9(11)15(10)3/h7,12H,4-6,8H2,1-3H3. The van der Waals surface area contributed by atoms with E-state index in [0.717, 1.165) is 31.9 Å². The predicted molar refractivity (Wildman–Crippen MR) is 63.1 cm³/mol. The fraction of sp³-hybridized carbons (Fsp3) is 0.700. The third-order valence-electron chi connectivity index (χ3n) is 2.41. The molecule has 4 nitrogen and oxygen atoms in total. The van der Waals surface area contributed by atoms with Crippen molar-refractivity contribution in [3.05, 3.63) is 17.2 Å². The van der Waals surface area contributed by atoms with Gasteiger partial charge in [-0.1, -0.05) is 11.6 Å². The molecule has 1 N–H and O–H groups in total. The minimum atomic E-state index is 0.689. The molecule has 1 rings (SSSR count). The molecule has 0 aliphatic carbocycles. The summed E-state index contributed by atoms with van der Waals surface area (Å²) in [5.74, 6) is 1.01. The molecule has 0 unspecified atom stereocenters. The largest absolute Gasteiger partial charge is 0.321 e. The number of hydrogen-bond acceptors (Lipinski definition) is 3. The van der Waals surface area contributed by atoms with Crippen LogP contribution in [0, 0.1) is 0 Å². The smallest absolute Gasteiger partial charge is 0.128 e. The molecule has 1 aromatic rings. The van der Waals surface area contributed by atoms with E-state index in [0.29, 0.717) is 5.15 Å². The Morgan fingerprint density at radius 1 is 1.60 bits per heavy atom. The molecule has 0 amide bonds. The lowest BCUT2D eigenvalue weighted by molar-refractivity contribution is 0.310. The number of nitrogens with one attached hydrogen (secondary N) is 1. The minimum Gasteiger partial charge on any atom is -0.321 e. The predicted octanol–water partition coefficient (Wildman–Crippen LogP) is 1.11. The fourth-order valence-corrected chi connectivity index (χ4v) is 1.56. The van der Waals surface area contributed by atoms with E-state index in [4.69, 9.17) is 11.6 Å². The Labute approximate surface area is 96.2 Å². The van der Waals surface area contributed by atoms with Crippen LogP contribution in [0.3, 0.4) is 0 Å². The summed E-state index contributed by atoms with van der Waals surface area (Å²) in [6, 6.07) is 0. The number of hydrogen-bond donors (Lipinski definition) is 1. The van der Waals surface area contributed by atoms with Gasteiger partial charge in [0.05, 0.1) is 12.7 Å². The Kier molecular flexibility index (Phi) is 5.08. The number of nitrogens with zero attached hydrogens (tertiary/aromatic N) is 3. The van der Waals surface area contributed by atoms with Crippen LogP contribution in [0.1, 0.15) is 12.2 Å². The zero-order valence-corrected chi connectivity index (χ0v) is 10.4. The van der Waals surface area contributed by atoms with E-state index < -0.39 is 0 Å². The van der Waals surface area contributed by atoms with Crippen LogP contribution in [0.5, 0.6) is 0 Å². The van der Waals surface area contributed by atoms with Gasteiger partial charge in [0.1, 0.15) is 11.0 Å². The maximum atomic E-state index is 5.91. The molecule has 0 spiro atoms. The second-order valence-electron chi connectivity index (χ2n) is 3.75. The normalized spacial score (nSPS) is 11.3. The quantitative estimate of drug-likeness (QED) is 0.744. The van der Waals surface area contributed by atoms with Crippen molar-refractivity contribution in [2.24, 2.45) is 7.05 Å². The molecule has 0 radical (unpaired) electrons. The summed E-state index contributed by atoms with van der Waals surface area (Å²) in [7, 11) is 6.00. The van der Waals surface area contributed by atoms with Gasteiger partial charge in [-0.15, -0.1) is 0 Å². The molecule has 86 valence electrons. The second-order valence-corrected chi connectivity index (χ2v) is 4.14. The summed E-state index contributed by atoms with van der Waals surface area (Å²) in [5, 5.41) is 3.82. The van der Waals surface area contributed by atoms with Crippen molar-refractivity contribution in [1.29, 1.82) is 0 Å². The van der Waals surface area contributed by atoms with E-state index in [1.54, 1.807) is 6.20 Å². The van der Waals surface area contributed by atoms with Crippen molar-refractivity contribution in [3.63, 3.8) is 0 Å². The van der Waals surface area contributed by atoms with E-state index in [1.807, 2.05) is 18.7 Å². The van der Waals surface area contributed by atoms with Gasteiger partial charge in [-0.05, 0) is 33.6 Å². The maximum absolute atomic E-state index is 5.91. The Morgan fingerprint density at radius 2 is 2.33 bits per heavy atom. The van der Waals surface area contributed by atoms with Crippen LogP contribution < -0.4 is 5.32 Å². The molecule has 0 bridgehead atoms. The Balaban J connectivity index is 2.37. The highest BCUT2D eigenvalue weighted by molar-refractivity contribution is 6.29. The summed E-state index contributed by atoms with van der Waals surface area (Å²) < 4.78 is 1.91. The first-order valence-electron chi connectivity index (χ1n) is 5.14. The van der Waals surface area contributed by atoms with Crippen molar-refractivity contribution in [2.75, 3.05) is 27.2 Å². The number of aromatic nitrogens is 2. The van der Waals surface area contributed by atoms with E-state index in [-0.39, 0.29) is 0 Å². The third-order valence-corrected chi connectivity index (χ3v) is 2.76. The summed E-state index contributed by atoms with van der Waals surface area (Å²) in [5.41, 5.74) is 0. The van der Waals surface area contributed by atoms with Crippen molar-refractivity contribution in [2.45, 2.75) is 13.0 Å². The highest BCUT2D eigenvalue weighted by Crippen LogP contribution is 2.10. The summed E-state index contributed by atoms with van der Waals surface area (Å²) in [4.78, 5) is 6.50. The molecule has 0 atom stereocenters. The highest BCUT2D eigenvalue weighted by Gasteiger charge is 2.06. The molecular formula is C10H19ClN4. The molecule has 0 saturated carbocycles. The lowest BCUT2D eigenvalue weighted by atomic mass is 10.4. The molecule has 1 aromatic heterocycles. The van der Waals surface area contributed by atoms with Crippen LogP contribution in [-0.2, 0) is 13.6 Å². The SMILES string of the molecule is CNCCCN(C)Cc1ncc(Cl)n1C. The number of imidazole rings is 1. The molecule has 0 aliphatic rings. The van der Waals surface area contributed by atoms with E-state index >= 15 is 0 Å². The van der Waals surface area contributed by atoms with Crippen molar-refractivity contribution < 1.29 is 0 Å². The Hall–Kier alpha value is -0.580. The minimum absolute atomic E-state index is 0.689. The monoisotopic (exact) mass is 230 g/mol. The molecular weight excluding hydrogens is 212 g/mol. The van der Waals surface area contributed by atoms with E-state index in [1.165, 1.54) is 0 Å². The summed E-state index contributed by atoms with van der Waals surface area (Å²) >= 11 is 5.91. The molecule has 15 heavy (non-hydrogen) atoms. The molecule has 5 heteroatoms. The Bertz CT molecular complexity index is 298. The van der Waals surface area contributed by atoms with Crippen LogP contribution in [0.15, 0.2) is 6.20 Å². The lowest BCUT2D eigenvalue weighted by Gasteiger charge is -2.15. The van der Waals surface area contributed by atoms with Crippen molar-refractivity contribution in [1.82, 2.24) is 19.8 Å². The van der Waals surface area contributed by atoms with Crippen molar-refractivity contribution >= 4 is 11.6 Å². The van der Waals surface area contributed by atoms with Gasteiger partial charge in [-0.2, -0.15) is 0 Å². The van der Waals surface area contributed by atoms with Crippen LogP contribution in [0.2, 0.25) is 5.15 Å². The summed E-state index contributed by atoms with van der Waals surface area (Å²) in [6.07, 6.45) is 2.84. The number of rotatable bonds is 6. The first kappa shape index (κ1) is 12.5. The first-order chi connectivity index (χ1) is 7.15. The number of halogens is 1. The second kappa shape index (κ2) is 6.10. The molecule has 1 heterocycles. The molecule has 0 fully saturated rings. The lowest BCUT2D eigenvalue weighted by Crippen LogP contribution is -2.23. The topological polar surface area (TPSA) is 33.1 Å². The Morgan fingerprint density at radius 3 is 2.87 bits per heavy atom. The highest BCUT2D eigenvalue weighted by atomic mass is 35.5. The van der Waals surface area contributed by atoms with Crippen LogP contribution in [-0.4, -0.2) is 41.6 Å². The van der Waals surface area contributed by atoms with Gasteiger partial charge in [0.25, 0.3) is 0 Å². The van der Waals surface area contributed by atoms with Gasteiger partial charge in [0.15, 0.2) is 0 Å². The zero-order valence-electron chi connectivity index (χ0n) is 9.63. The van der Waals surface area contributed by atoms with Gasteiger partial charge >= 0.3 is 0 Å². The zero-order chi connectivity index (χ0) is 11.3. The van der Waals surface area contributed by atoms with Crippen molar-refractivity contribution in [3.8, 4) is 0 Å². The van der Waals surface area contributed by atoms with Crippen LogP contribution >= 0.6 is 11.6 Å².